The zero-order valence-electron chi connectivity index (χ0n) is 32.2. The topological polar surface area (TPSA) is 152 Å². The van der Waals surface area contributed by atoms with Crippen molar-refractivity contribution in [2.75, 3.05) is 19.8 Å². The molecule has 1 rings (SSSR count). The second kappa shape index (κ2) is 33.4. The number of allylic oxidation sites excluding steroid dienone is 14. The molecule has 6 atom stereocenters. The second-order valence-electron chi connectivity index (χ2n) is 13.0. The predicted octanol–water partition coefficient (Wildman–Crippen LogP) is 7.43. The van der Waals surface area contributed by atoms with E-state index in [0.717, 1.165) is 77.0 Å². The summed E-state index contributed by atoms with van der Waals surface area (Å²) in [5.41, 5.74) is 0. The summed E-state index contributed by atoms with van der Waals surface area (Å²) in [6.07, 6.45) is 34.7. The molecule has 10 heteroatoms. The highest BCUT2D eigenvalue weighted by molar-refractivity contribution is 5.70. The van der Waals surface area contributed by atoms with Gasteiger partial charge >= 0.3 is 11.9 Å². The average molecular weight is 745 g/mol. The Hall–Kier alpha value is -3.12. The molecular weight excluding hydrogens is 676 g/mol. The van der Waals surface area contributed by atoms with E-state index in [1.165, 1.54) is 0 Å². The number of ether oxygens (including phenoxy) is 4. The molecule has 0 bridgehead atoms. The van der Waals surface area contributed by atoms with Crippen LogP contribution in [0.25, 0.3) is 0 Å². The van der Waals surface area contributed by atoms with E-state index in [9.17, 15) is 30.0 Å². The number of esters is 2. The molecule has 0 aromatic rings. The third-order valence-electron chi connectivity index (χ3n) is 8.29. The Morgan fingerprint density at radius 3 is 1.66 bits per heavy atom. The molecule has 1 heterocycles. The van der Waals surface area contributed by atoms with Crippen LogP contribution in [0.4, 0.5) is 0 Å². The van der Waals surface area contributed by atoms with Crippen molar-refractivity contribution in [3.05, 3.63) is 85.1 Å². The fourth-order valence-electron chi connectivity index (χ4n) is 5.21. The summed E-state index contributed by atoms with van der Waals surface area (Å²) in [5, 5.41) is 39.9. The van der Waals surface area contributed by atoms with E-state index >= 15 is 0 Å². The minimum Gasteiger partial charge on any atom is -0.462 e. The van der Waals surface area contributed by atoms with Gasteiger partial charge in [0.15, 0.2) is 12.4 Å². The molecule has 0 aromatic carbocycles. The van der Waals surface area contributed by atoms with Crippen molar-refractivity contribution >= 4 is 11.9 Å². The Morgan fingerprint density at radius 2 is 1.09 bits per heavy atom. The maximum absolute atomic E-state index is 12.7. The number of aliphatic hydroxyl groups is 4. The summed E-state index contributed by atoms with van der Waals surface area (Å²) in [4.78, 5) is 25.2. The normalized spacial score (nSPS) is 21.8. The highest BCUT2D eigenvalue weighted by Gasteiger charge is 2.44. The average Bonchev–Trinajstić information content (AvgIpc) is 3.15. The molecule has 1 fully saturated rings. The van der Waals surface area contributed by atoms with Gasteiger partial charge in [-0.3, -0.25) is 9.59 Å². The van der Waals surface area contributed by atoms with E-state index in [1.54, 1.807) is 0 Å². The molecule has 300 valence electrons. The van der Waals surface area contributed by atoms with E-state index in [-0.39, 0.29) is 26.1 Å². The highest BCUT2D eigenvalue weighted by atomic mass is 16.7. The van der Waals surface area contributed by atoms with E-state index in [1.807, 2.05) is 12.2 Å². The summed E-state index contributed by atoms with van der Waals surface area (Å²) in [6.45, 7) is 3.06. The molecule has 0 radical (unpaired) electrons. The molecule has 53 heavy (non-hydrogen) atoms. The largest absolute Gasteiger partial charge is 0.462 e. The van der Waals surface area contributed by atoms with Gasteiger partial charge in [-0.1, -0.05) is 118 Å². The van der Waals surface area contributed by atoms with Gasteiger partial charge in [-0.2, -0.15) is 0 Å². The SMILES string of the molecule is CC/C=C\C/C=C\C/C=C\C/C=C\CCC(=O)OC(COC(=O)CCCCCCC/C=C\C/C=C\C/C=C\CC)COC1OC(CO)C(O)C(O)C1O. The molecule has 0 aliphatic carbocycles. The number of carbonyl (C=O) groups is 2. The lowest BCUT2D eigenvalue weighted by Crippen LogP contribution is -2.59. The summed E-state index contributed by atoms with van der Waals surface area (Å²) in [7, 11) is 0. The van der Waals surface area contributed by atoms with E-state index in [4.69, 9.17) is 18.9 Å². The molecular formula is C43H68O10. The van der Waals surface area contributed by atoms with Gasteiger partial charge in [0.1, 0.15) is 31.0 Å². The molecule has 0 spiro atoms. The fourth-order valence-corrected chi connectivity index (χ4v) is 5.21. The van der Waals surface area contributed by atoms with Crippen LogP contribution in [0.3, 0.4) is 0 Å². The van der Waals surface area contributed by atoms with Gasteiger partial charge in [-0.05, 0) is 70.6 Å². The maximum atomic E-state index is 12.7. The van der Waals surface area contributed by atoms with Gasteiger partial charge in [0.2, 0.25) is 0 Å². The summed E-state index contributed by atoms with van der Waals surface area (Å²) in [6, 6.07) is 0. The van der Waals surface area contributed by atoms with Crippen molar-refractivity contribution in [2.24, 2.45) is 0 Å². The fraction of sp³-hybridized carbons (Fsp3) is 0.628. The minimum atomic E-state index is -1.61. The summed E-state index contributed by atoms with van der Waals surface area (Å²) < 4.78 is 22.0. The molecule has 1 aliphatic heterocycles. The first-order valence-electron chi connectivity index (χ1n) is 19.7. The van der Waals surface area contributed by atoms with Gasteiger partial charge in [0.25, 0.3) is 0 Å². The second-order valence-corrected chi connectivity index (χ2v) is 13.0. The van der Waals surface area contributed by atoms with Crippen LogP contribution < -0.4 is 0 Å². The van der Waals surface area contributed by atoms with Crippen molar-refractivity contribution < 1.29 is 49.0 Å². The van der Waals surface area contributed by atoms with Crippen LogP contribution in [0.2, 0.25) is 0 Å². The monoisotopic (exact) mass is 744 g/mol. The zero-order chi connectivity index (χ0) is 38.8. The van der Waals surface area contributed by atoms with E-state index in [2.05, 4.69) is 86.8 Å². The smallest absolute Gasteiger partial charge is 0.306 e. The van der Waals surface area contributed by atoms with Crippen LogP contribution in [0, 0.1) is 0 Å². The Bertz CT molecular complexity index is 1140. The molecule has 0 aromatic heterocycles. The molecule has 10 nitrogen and oxygen atoms in total. The lowest BCUT2D eigenvalue weighted by Gasteiger charge is -2.39. The van der Waals surface area contributed by atoms with Gasteiger partial charge < -0.3 is 39.4 Å². The van der Waals surface area contributed by atoms with E-state index in [0.29, 0.717) is 12.8 Å². The van der Waals surface area contributed by atoms with Crippen LogP contribution in [-0.2, 0) is 28.5 Å². The Balaban J connectivity index is 2.45. The quantitative estimate of drug-likeness (QED) is 0.0332. The first-order chi connectivity index (χ1) is 25.8. The van der Waals surface area contributed by atoms with E-state index < -0.39 is 55.4 Å². The van der Waals surface area contributed by atoms with Crippen LogP contribution in [0.1, 0.15) is 117 Å². The highest BCUT2D eigenvalue weighted by Crippen LogP contribution is 2.22. The predicted molar refractivity (Wildman–Crippen MR) is 210 cm³/mol. The van der Waals surface area contributed by atoms with Crippen molar-refractivity contribution in [3.8, 4) is 0 Å². The van der Waals surface area contributed by atoms with Crippen molar-refractivity contribution in [2.45, 2.75) is 153 Å². The maximum Gasteiger partial charge on any atom is 0.306 e. The number of aliphatic hydroxyl groups excluding tert-OH is 4. The van der Waals surface area contributed by atoms with Crippen LogP contribution in [-0.4, -0.2) is 89.0 Å². The first-order valence-corrected chi connectivity index (χ1v) is 19.7. The third-order valence-corrected chi connectivity index (χ3v) is 8.29. The molecule has 4 N–H and O–H groups in total. The molecule has 0 saturated carbocycles. The minimum absolute atomic E-state index is 0.0997. The molecule has 1 aliphatic rings. The molecule has 1 saturated heterocycles. The number of hydrogen-bond acceptors (Lipinski definition) is 10. The van der Waals surface area contributed by atoms with Crippen LogP contribution in [0.15, 0.2) is 85.1 Å². The number of carbonyl (C=O) groups excluding carboxylic acids is 2. The van der Waals surface area contributed by atoms with Crippen molar-refractivity contribution in [1.29, 1.82) is 0 Å². The standard InChI is InChI=1S/C43H68O10/c1-3-5-7-9-11-13-15-17-18-20-21-23-25-27-29-31-38(45)50-34-36(35-51-43-42(49)41(48)40(47)37(33-44)53-43)52-39(46)32-30-28-26-24-22-19-16-14-12-10-8-6-4-2/h5-8,11-14,17-19,22,26,28,36-37,40-44,47-49H,3-4,9-10,15-16,20-21,23-25,27,29-35H2,1-2H3/b7-5-,8-6-,13-11-,14-12-,18-17-,22-19-,28-26-. The molecule has 6 unspecified atom stereocenters. The van der Waals surface area contributed by atoms with Crippen molar-refractivity contribution in [1.82, 2.24) is 0 Å². The number of hydrogen-bond donors (Lipinski definition) is 4. The Labute approximate surface area is 318 Å². The van der Waals surface area contributed by atoms with Gasteiger partial charge in [-0.15, -0.1) is 0 Å². The Kier molecular flexibility index (Phi) is 30.2. The zero-order valence-corrected chi connectivity index (χ0v) is 32.2. The molecule has 0 amide bonds. The number of rotatable bonds is 30. The van der Waals surface area contributed by atoms with Gasteiger partial charge in [-0.25, -0.2) is 0 Å². The Morgan fingerprint density at radius 1 is 0.585 bits per heavy atom. The van der Waals surface area contributed by atoms with Crippen LogP contribution >= 0.6 is 0 Å². The lowest BCUT2D eigenvalue weighted by molar-refractivity contribution is -0.305. The number of unbranched alkanes of at least 4 members (excludes halogenated alkanes) is 5. The summed E-state index contributed by atoms with van der Waals surface area (Å²) in [5.74, 6) is -0.933. The van der Waals surface area contributed by atoms with Gasteiger partial charge in [0, 0.05) is 12.8 Å². The lowest BCUT2D eigenvalue weighted by atomic mass is 9.99. The first kappa shape index (κ1) is 47.9. The third kappa shape index (κ3) is 25.5. The summed E-state index contributed by atoms with van der Waals surface area (Å²) >= 11 is 0. The van der Waals surface area contributed by atoms with Crippen molar-refractivity contribution in [3.63, 3.8) is 0 Å². The van der Waals surface area contributed by atoms with Gasteiger partial charge in [0.05, 0.1) is 13.2 Å². The van der Waals surface area contributed by atoms with Crippen LogP contribution in [0.5, 0.6) is 0 Å².